The van der Waals surface area contributed by atoms with Crippen LogP contribution in [0.25, 0.3) is 0 Å². The number of benzene rings is 6. The number of rotatable bonds is 10. The van der Waals surface area contributed by atoms with Crippen molar-refractivity contribution >= 4 is 45.3 Å². The molecule has 0 spiro atoms. The van der Waals surface area contributed by atoms with E-state index < -0.39 is 32.3 Å². The summed E-state index contributed by atoms with van der Waals surface area (Å²) in [5, 5.41) is 3.05. The maximum atomic E-state index is 4.88. The summed E-state index contributed by atoms with van der Waals surface area (Å²) in [5.74, 6) is 0. The van der Waals surface area contributed by atoms with Crippen LogP contribution in [0.1, 0.15) is 22.3 Å². The van der Waals surface area contributed by atoms with Crippen molar-refractivity contribution in [2.24, 2.45) is 0 Å². The second-order valence-corrected chi connectivity index (χ2v) is 18.9. The van der Waals surface area contributed by atoms with E-state index in [1.807, 2.05) is 0 Å². The molecule has 0 aliphatic heterocycles. The van der Waals surface area contributed by atoms with Gasteiger partial charge in [-0.3, -0.25) is 0 Å². The summed E-state index contributed by atoms with van der Waals surface area (Å²) < 4.78 is 0. The molecule has 232 valence electrons. The molecule has 0 N–H and O–H groups in total. The van der Waals surface area contributed by atoms with Crippen LogP contribution in [-0.2, 0) is 41.1 Å². The van der Waals surface area contributed by atoms with E-state index in [9.17, 15) is 0 Å². The van der Waals surface area contributed by atoms with Crippen LogP contribution in [0.2, 0.25) is 0 Å². The second kappa shape index (κ2) is 21.3. The summed E-state index contributed by atoms with van der Waals surface area (Å²) in [6.07, 6.45) is 4.74. The zero-order valence-electron chi connectivity index (χ0n) is 25.2. The first-order valence-corrected chi connectivity index (χ1v) is 24.5. The molecule has 0 amide bonds. The number of hydrogen-bond acceptors (Lipinski definition) is 0. The van der Waals surface area contributed by atoms with Gasteiger partial charge in [0, 0.05) is 15.8 Å². The Morgan fingerprint density at radius 3 is 0.689 bits per heavy atom. The Morgan fingerprint density at radius 2 is 0.489 bits per heavy atom. The molecular formula is C40H40Cl2P2Pt+2. The Kier molecular flexibility index (Phi) is 16.7. The molecule has 0 unspecified atom stereocenters. The first-order valence-electron chi connectivity index (χ1n) is 15.0. The van der Waals surface area contributed by atoms with Gasteiger partial charge in [0.25, 0.3) is 0 Å². The molecular weight excluding hydrogens is 808 g/mol. The van der Waals surface area contributed by atoms with E-state index in [1.54, 1.807) is 0 Å². The number of halogens is 2. The number of hydrogen-bond donors (Lipinski definition) is 0. The van der Waals surface area contributed by atoms with E-state index in [0.29, 0.717) is 0 Å². The summed E-state index contributed by atoms with van der Waals surface area (Å²) in [6, 6.07) is 65.5. The molecule has 6 rings (SSSR count). The molecule has 5 heteroatoms. The molecule has 0 heterocycles. The van der Waals surface area contributed by atoms with Crippen molar-refractivity contribution in [2.45, 2.75) is 24.6 Å². The molecule has 0 saturated carbocycles. The Hall–Kier alpha value is -2.55. The third kappa shape index (κ3) is 13.4. The summed E-state index contributed by atoms with van der Waals surface area (Å²) in [5.41, 5.74) is 5.80. The summed E-state index contributed by atoms with van der Waals surface area (Å²) in [7, 11) is 8.50. The Bertz CT molecular complexity index is 1370. The molecule has 6 aromatic rings. The largest absolute Gasteiger partial charge is 0.0921 e. The molecule has 0 fully saturated rings. The third-order valence-electron chi connectivity index (χ3n) is 7.41. The predicted molar refractivity (Wildman–Crippen MR) is 201 cm³/mol. The smallest absolute Gasteiger partial charge is 0.0622 e. The topological polar surface area (TPSA) is 0 Å². The van der Waals surface area contributed by atoms with Crippen LogP contribution in [-0.4, -0.2) is 0 Å². The van der Waals surface area contributed by atoms with Crippen LogP contribution in [0.3, 0.4) is 0 Å². The van der Waals surface area contributed by atoms with E-state index in [4.69, 9.17) is 18.8 Å². The van der Waals surface area contributed by atoms with Crippen molar-refractivity contribution in [3.63, 3.8) is 0 Å². The molecule has 0 aliphatic carbocycles. The molecule has 0 radical (unpaired) electrons. The van der Waals surface area contributed by atoms with Gasteiger partial charge in [-0.15, -0.1) is 0 Å². The van der Waals surface area contributed by atoms with Crippen molar-refractivity contribution in [1.29, 1.82) is 0 Å². The van der Waals surface area contributed by atoms with Crippen molar-refractivity contribution < 1.29 is 16.5 Å². The standard InChI is InChI=1S/2C20H19P.2ClH.Pt/c2*1-4-10-18(11-5-1)16-21(20-14-8-3-9-15-20)17-19-12-6-2-7-13-19;;;/h2*1-15H,16-17H2;2*1H;/q;;;;+2. The maximum absolute atomic E-state index is 4.88. The summed E-state index contributed by atoms with van der Waals surface area (Å²) in [6.45, 7) is 0. The zero-order chi connectivity index (χ0) is 31.4. The van der Waals surface area contributed by atoms with Gasteiger partial charge in [-0.2, -0.15) is 0 Å². The first-order chi connectivity index (χ1) is 22.2. The van der Waals surface area contributed by atoms with Crippen molar-refractivity contribution in [3.05, 3.63) is 204 Å². The van der Waals surface area contributed by atoms with Gasteiger partial charge in [-0.1, -0.05) is 158 Å². The van der Waals surface area contributed by atoms with Gasteiger partial charge in [-0.25, -0.2) is 0 Å². The van der Waals surface area contributed by atoms with Crippen LogP contribution in [0.15, 0.2) is 182 Å². The Labute approximate surface area is 288 Å². The van der Waals surface area contributed by atoms with Gasteiger partial charge in [0.1, 0.15) is 0 Å². The average molecular weight is 849 g/mol. The van der Waals surface area contributed by atoms with E-state index in [0.717, 1.165) is 0 Å². The summed E-state index contributed by atoms with van der Waals surface area (Å²) >= 11 is -0.472. The quantitative estimate of drug-likeness (QED) is 0.121. The van der Waals surface area contributed by atoms with Gasteiger partial charge in [-0.05, 0) is 46.5 Å². The first kappa shape index (κ1) is 35.3. The fraction of sp³-hybridized carbons (Fsp3) is 0.100. The maximum Gasteiger partial charge on any atom is 0.0921 e. The van der Waals surface area contributed by atoms with E-state index in [2.05, 4.69) is 182 Å². The minimum Gasteiger partial charge on any atom is -0.0622 e. The molecule has 6 aromatic carbocycles. The van der Waals surface area contributed by atoms with E-state index in [-0.39, 0.29) is 0 Å². The van der Waals surface area contributed by atoms with Crippen LogP contribution >= 0.6 is 34.7 Å². The normalized spacial score (nSPS) is 10.5. The van der Waals surface area contributed by atoms with Crippen molar-refractivity contribution in [1.82, 2.24) is 0 Å². The van der Waals surface area contributed by atoms with Crippen LogP contribution in [0.5, 0.6) is 0 Å². The fourth-order valence-electron chi connectivity index (χ4n) is 5.25. The molecule has 0 saturated heterocycles. The third-order valence-corrected chi connectivity index (χ3v) is 13.0. The molecule has 0 bridgehead atoms. The van der Waals surface area contributed by atoms with Crippen LogP contribution < -0.4 is 10.6 Å². The second-order valence-electron chi connectivity index (χ2n) is 10.6. The summed E-state index contributed by atoms with van der Waals surface area (Å²) in [4.78, 5) is 0. The van der Waals surface area contributed by atoms with Gasteiger partial charge in [0.05, 0.1) is 35.3 Å². The molecule has 0 aromatic heterocycles. The minimum absolute atomic E-state index is 0.472. The zero-order valence-corrected chi connectivity index (χ0v) is 31.0. The fourth-order valence-corrected chi connectivity index (χ4v) is 10.6. The SMILES string of the molecule is [Cl][Pt][Cl].c1ccc(C[PH+](Cc2ccccc2)c2ccccc2)cc1.c1ccc(C[PH+](Cc2ccccc2)c2ccccc2)cc1. The van der Waals surface area contributed by atoms with E-state index >= 15 is 0 Å². The van der Waals surface area contributed by atoms with Crippen LogP contribution in [0, 0.1) is 0 Å². The molecule has 0 nitrogen and oxygen atoms in total. The van der Waals surface area contributed by atoms with Gasteiger partial charge < -0.3 is 0 Å². The van der Waals surface area contributed by atoms with Gasteiger partial charge in [0.15, 0.2) is 0 Å². The molecule has 0 atom stereocenters. The van der Waals surface area contributed by atoms with Crippen molar-refractivity contribution in [3.8, 4) is 0 Å². The average Bonchev–Trinajstić information content (AvgIpc) is 3.11. The predicted octanol–water partition coefficient (Wildman–Crippen LogP) is 11.2. The monoisotopic (exact) mass is 847 g/mol. The molecule has 45 heavy (non-hydrogen) atoms. The van der Waals surface area contributed by atoms with Crippen molar-refractivity contribution in [2.75, 3.05) is 0 Å². The van der Waals surface area contributed by atoms with Gasteiger partial charge in [0.2, 0.25) is 0 Å². The van der Waals surface area contributed by atoms with Crippen LogP contribution in [0.4, 0.5) is 0 Å². The minimum atomic E-state index is -0.627. The van der Waals surface area contributed by atoms with E-state index in [1.165, 1.54) is 57.5 Å². The molecule has 0 aliphatic rings. The Morgan fingerprint density at radius 1 is 0.311 bits per heavy atom. The van der Waals surface area contributed by atoms with Gasteiger partial charge >= 0.3 is 35.3 Å². The Balaban J connectivity index is 0.000000189.